The van der Waals surface area contributed by atoms with Crippen molar-refractivity contribution in [2.45, 2.75) is 25.4 Å². The molecular formula is C12H13Cl2NO2. The summed E-state index contributed by atoms with van der Waals surface area (Å²) in [5.74, 6) is -0.0599. The molecule has 0 spiro atoms. The van der Waals surface area contributed by atoms with Gasteiger partial charge in [-0.1, -0.05) is 23.2 Å². The Hall–Kier alpha value is -0.770. The Bertz CT molecular complexity index is 417. The zero-order valence-corrected chi connectivity index (χ0v) is 10.7. The van der Waals surface area contributed by atoms with E-state index in [1.807, 2.05) is 0 Å². The van der Waals surface area contributed by atoms with E-state index in [1.54, 1.807) is 18.2 Å². The van der Waals surface area contributed by atoms with Crippen molar-refractivity contribution in [2.75, 3.05) is 11.9 Å². The molecule has 0 bridgehead atoms. The maximum absolute atomic E-state index is 11.7. The van der Waals surface area contributed by atoms with Crippen LogP contribution in [0.15, 0.2) is 18.2 Å². The Labute approximate surface area is 110 Å². The van der Waals surface area contributed by atoms with Gasteiger partial charge in [0.05, 0.1) is 22.6 Å². The molecule has 1 unspecified atom stereocenters. The second-order valence-corrected chi connectivity index (χ2v) is 4.83. The van der Waals surface area contributed by atoms with Crippen LogP contribution in [-0.4, -0.2) is 18.6 Å². The molecule has 0 saturated carbocycles. The average Bonchev–Trinajstić information content (AvgIpc) is 2.76. The number of ether oxygens (including phenoxy) is 1. The largest absolute Gasteiger partial charge is 0.378 e. The number of amides is 1. The molecule has 1 aliphatic heterocycles. The topological polar surface area (TPSA) is 38.3 Å². The lowest BCUT2D eigenvalue weighted by molar-refractivity contribution is -0.118. The molecule has 3 nitrogen and oxygen atoms in total. The Kier molecular flexibility index (Phi) is 4.26. The Morgan fingerprint density at radius 2 is 2.24 bits per heavy atom. The van der Waals surface area contributed by atoms with E-state index in [9.17, 15) is 4.79 Å². The fraction of sp³-hybridized carbons (Fsp3) is 0.417. The first-order valence-electron chi connectivity index (χ1n) is 5.51. The summed E-state index contributed by atoms with van der Waals surface area (Å²) >= 11 is 11.6. The number of nitrogens with one attached hydrogen (secondary N) is 1. The van der Waals surface area contributed by atoms with Gasteiger partial charge in [0.25, 0.3) is 0 Å². The second kappa shape index (κ2) is 5.71. The quantitative estimate of drug-likeness (QED) is 0.916. The van der Waals surface area contributed by atoms with Crippen molar-refractivity contribution >= 4 is 34.8 Å². The molecule has 92 valence electrons. The predicted octanol–water partition coefficient (Wildman–Crippen LogP) is 3.50. The number of carbonyl (C=O) groups excluding carboxylic acids is 1. The summed E-state index contributed by atoms with van der Waals surface area (Å²) < 4.78 is 5.40. The summed E-state index contributed by atoms with van der Waals surface area (Å²) in [5, 5.41) is 3.68. The minimum Gasteiger partial charge on any atom is -0.378 e. The highest BCUT2D eigenvalue weighted by atomic mass is 35.5. The monoisotopic (exact) mass is 273 g/mol. The van der Waals surface area contributed by atoms with Crippen molar-refractivity contribution < 1.29 is 9.53 Å². The summed E-state index contributed by atoms with van der Waals surface area (Å²) in [5.41, 5.74) is 0.655. The van der Waals surface area contributed by atoms with E-state index >= 15 is 0 Å². The van der Waals surface area contributed by atoms with Crippen LogP contribution in [0.5, 0.6) is 0 Å². The van der Waals surface area contributed by atoms with Crippen molar-refractivity contribution in [1.82, 2.24) is 0 Å². The first-order chi connectivity index (χ1) is 8.15. The molecule has 1 atom stereocenters. The third-order valence-electron chi connectivity index (χ3n) is 2.64. The van der Waals surface area contributed by atoms with Crippen LogP contribution >= 0.6 is 23.2 Å². The summed E-state index contributed by atoms with van der Waals surface area (Å²) in [6, 6.07) is 5.02. The number of hydrogen-bond donors (Lipinski definition) is 1. The van der Waals surface area contributed by atoms with Gasteiger partial charge >= 0.3 is 0 Å². The fourth-order valence-corrected chi connectivity index (χ4v) is 2.10. The first-order valence-corrected chi connectivity index (χ1v) is 6.27. The SMILES string of the molecule is O=C(CC1CCCO1)Nc1ccc(Cl)c(Cl)c1. The number of rotatable bonds is 3. The van der Waals surface area contributed by atoms with Gasteiger partial charge in [0.15, 0.2) is 0 Å². The van der Waals surface area contributed by atoms with Gasteiger partial charge in [0.2, 0.25) is 5.91 Å². The maximum atomic E-state index is 11.7. The smallest absolute Gasteiger partial charge is 0.226 e. The van der Waals surface area contributed by atoms with Crippen molar-refractivity contribution in [3.05, 3.63) is 28.2 Å². The van der Waals surface area contributed by atoms with Crippen LogP contribution in [0.25, 0.3) is 0 Å². The van der Waals surface area contributed by atoms with Crippen molar-refractivity contribution in [1.29, 1.82) is 0 Å². The highest BCUT2D eigenvalue weighted by molar-refractivity contribution is 6.42. The van der Waals surface area contributed by atoms with Gasteiger partial charge in [-0.3, -0.25) is 4.79 Å². The van der Waals surface area contributed by atoms with Crippen molar-refractivity contribution in [3.8, 4) is 0 Å². The van der Waals surface area contributed by atoms with E-state index in [1.165, 1.54) is 0 Å². The highest BCUT2D eigenvalue weighted by Gasteiger charge is 2.19. The summed E-state index contributed by atoms with van der Waals surface area (Å²) in [6.45, 7) is 0.755. The molecule has 1 aromatic rings. The first kappa shape index (κ1) is 12.7. The molecule has 1 heterocycles. The highest BCUT2D eigenvalue weighted by Crippen LogP contribution is 2.25. The van der Waals surface area contributed by atoms with E-state index in [0.29, 0.717) is 22.2 Å². The van der Waals surface area contributed by atoms with Gasteiger partial charge in [-0.15, -0.1) is 0 Å². The van der Waals surface area contributed by atoms with Crippen molar-refractivity contribution in [3.63, 3.8) is 0 Å². The zero-order chi connectivity index (χ0) is 12.3. The number of benzene rings is 1. The number of anilines is 1. The Morgan fingerprint density at radius 1 is 1.41 bits per heavy atom. The number of carbonyl (C=O) groups is 1. The van der Waals surface area contributed by atoms with Crippen LogP contribution in [0.2, 0.25) is 10.0 Å². The van der Waals surface area contributed by atoms with E-state index < -0.39 is 0 Å². The van der Waals surface area contributed by atoms with Gasteiger partial charge in [-0.2, -0.15) is 0 Å². The molecule has 17 heavy (non-hydrogen) atoms. The van der Waals surface area contributed by atoms with Crippen LogP contribution in [0.3, 0.4) is 0 Å². The van der Waals surface area contributed by atoms with Crippen LogP contribution in [0.4, 0.5) is 5.69 Å². The minimum absolute atomic E-state index is 0.0535. The molecule has 1 N–H and O–H groups in total. The summed E-state index contributed by atoms with van der Waals surface area (Å²) in [6.07, 6.45) is 2.43. The number of halogens is 2. The summed E-state index contributed by atoms with van der Waals surface area (Å²) in [7, 11) is 0. The van der Waals surface area contributed by atoms with Crippen LogP contribution in [0, 0.1) is 0 Å². The van der Waals surface area contributed by atoms with Gasteiger partial charge in [0.1, 0.15) is 0 Å². The second-order valence-electron chi connectivity index (χ2n) is 4.02. The Balaban J connectivity index is 1.90. The molecule has 1 aromatic carbocycles. The lowest BCUT2D eigenvalue weighted by Crippen LogP contribution is -2.19. The third-order valence-corrected chi connectivity index (χ3v) is 3.38. The van der Waals surface area contributed by atoms with Gasteiger partial charge in [-0.25, -0.2) is 0 Å². The molecule has 1 aliphatic rings. The summed E-state index contributed by atoms with van der Waals surface area (Å²) in [4.78, 5) is 11.7. The fourth-order valence-electron chi connectivity index (χ4n) is 1.80. The molecule has 0 aromatic heterocycles. The molecule has 1 saturated heterocycles. The maximum Gasteiger partial charge on any atom is 0.226 e. The van der Waals surface area contributed by atoms with E-state index in [2.05, 4.69) is 5.32 Å². The molecule has 0 aliphatic carbocycles. The van der Waals surface area contributed by atoms with Crippen molar-refractivity contribution in [2.24, 2.45) is 0 Å². The lowest BCUT2D eigenvalue weighted by Gasteiger charge is -2.10. The van der Waals surface area contributed by atoms with E-state index in [4.69, 9.17) is 27.9 Å². The minimum atomic E-state index is -0.0599. The molecule has 2 rings (SSSR count). The van der Waals surface area contributed by atoms with E-state index in [0.717, 1.165) is 19.4 Å². The lowest BCUT2D eigenvalue weighted by atomic mass is 10.2. The molecular weight excluding hydrogens is 261 g/mol. The van der Waals surface area contributed by atoms with E-state index in [-0.39, 0.29) is 12.0 Å². The molecule has 1 fully saturated rings. The molecule has 5 heteroatoms. The van der Waals surface area contributed by atoms with Crippen LogP contribution in [0.1, 0.15) is 19.3 Å². The number of hydrogen-bond acceptors (Lipinski definition) is 2. The van der Waals surface area contributed by atoms with Crippen LogP contribution < -0.4 is 5.32 Å². The normalized spacial score (nSPS) is 19.3. The average molecular weight is 274 g/mol. The van der Waals surface area contributed by atoms with Gasteiger partial charge in [0, 0.05) is 12.3 Å². The Morgan fingerprint density at radius 3 is 2.88 bits per heavy atom. The standard InChI is InChI=1S/C12H13Cl2NO2/c13-10-4-3-8(6-11(10)14)15-12(16)7-9-2-1-5-17-9/h3-4,6,9H,1-2,5,7H2,(H,15,16). The predicted molar refractivity (Wildman–Crippen MR) is 68.7 cm³/mol. The van der Waals surface area contributed by atoms with Gasteiger partial charge in [-0.05, 0) is 31.0 Å². The zero-order valence-electron chi connectivity index (χ0n) is 9.21. The molecule has 0 radical (unpaired) electrons. The molecule has 1 amide bonds. The van der Waals surface area contributed by atoms with Gasteiger partial charge < -0.3 is 10.1 Å². The van der Waals surface area contributed by atoms with Crippen LogP contribution in [-0.2, 0) is 9.53 Å². The third kappa shape index (κ3) is 3.60.